The Morgan fingerprint density at radius 2 is 1.80 bits per heavy atom. The Hall–Kier alpha value is -2.97. The molecule has 1 aromatic carbocycles. The number of nitrogens with zero attached hydrogens (tertiary/aromatic N) is 2. The van der Waals surface area contributed by atoms with Gasteiger partial charge in [-0.05, 0) is 51.7 Å². The molecule has 1 heterocycles. The number of amides is 2. The molecular formula is C21H30N2O7. The number of piperidine rings is 1. The summed E-state index contributed by atoms with van der Waals surface area (Å²) >= 11 is 0. The Morgan fingerprint density at radius 1 is 1.17 bits per heavy atom. The number of anilines is 1. The van der Waals surface area contributed by atoms with Gasteiger partial charge < -0.3 is 24.2 Å². The molecule has 0 atom stereocenters. The maximum absolute atomic E-state index is 12.9. The first kappa shape index (κ1) is 23.3. The molecule has 2 rings (SSSR count). The highest BCUT2D eigenvalue weighted by Gasteiger charge is 2.30. The summed E-state index contributed by atoms with van der Waals surface area (Å²) in [6, 6.07) is 4.79. The second-order valence-electron chi connectivity index (χ2n) is 8.18. The molecule has 0 unspecified atom stereocenters. The second kappa shape index (κ2) is 9.69. The Labute approximate surface area is 176 Å². The number of carbonyl (C=O) groups excluding carboxylic acids is 2. The molecule has 30 heavy (non-hydrogen) atoms. The molecule has 0 aliphatic carbocycles. The monoisotopic (exact) mass is 422 g/mol. The number of methoxy groups -OCH3 is 2. The minimum Gasteiger partial charge on any atom is -0.496 e. The van der Waals surface area contributed by atoms with Crippen LogP contribution in [0.2, 0.25) is 0 Å². The molecule has 1 fully saturated rings. The first-order valence-electron chi connectivity index (χ1n) is 9.80. The van der Waals surface area contributed by atoms with Crippen LogP contribution in [0.4, 0.5) is 15.3 Å². The van der Waals surface area contributed by atoms with Gasteiger partial charge in [-0.2, -0.15) is 0 Å². The normalized spacial score (nSPS) is 14.8. The van der Waals surface area contributed by atoms with Crippen molar-refractivity contribution in [2.45, 2.75) is 39.2 Å². The third-order valence-corrected chi connectivity index (χ3v) is 4.84. The van der Waals surface area contributed by atoms with E-state index in [0.717, 1.165) is 0 Å². The molecule has 1 N–H and O–H groups in total. The lowest BCUT2D eigenvalue weighted by Crippen LogP contribution is -2.44. The largest absolute Gasteiger partial charge is 0.496 e. The number of rotatable bonds is 5. The van der Waals surface area contributed by atoms with E-state index in [1.54, 1.807) is 39.0 Å². The molecular weight excluding hydrogens is 392 g/mol. The predicted octanol–water partition coefficient (Wildman–Crippen LogP) is 3.61. The van der Waals surface area contributed by atoms with Crippen molar-refractivity contribution in [1.29, 1.82) is 0 Å². The summed E-state index contributed by atoms with van der Waals surface area (Å²) in [7, 11) is 2.72. The molecule has 1 aliphatic heterocycles. The number of hydrogen-bond donors (Lipinski definition) is 1. The average Bonchev–Trinajstić information content (AvgIpc) is 2.69. The minimum atomic E-state index is -0.930. The van der Waals surface area contributed by atoms with Gasteiger partial charge in [-0.25, -0.2) is 14.4 Å². The smallest absolute Gasteiger partial charge is 0.414 e. The Bertz CT molecular complexity index is 780. The van der Waals surface area contributed by atoms with Crippen molar-refractivity contribution in [3.63, 3.8) is 0 Å². The molecule has 0 saturated carbocycles. The van der Waals surface area contributed by atoms with Gasteiger partial charge in [-0.1, -0.05) is 0 Å². The zero-order valence-electron chi connectivity index (χ0n) is 18.1. The SMILES string of the molecule is COC(=O)c1ccc(N(CC2CCN(C(=O)O)CC2)C(=O)OC(C)(C)C)cc1OC. The number of hydrogen-bond acceptors (Lipinski definition) is 6. The number of benzene rings is 1. The maximum atomic E-state index is 12.9. The lowest BCUT2D eigenvalue weighted by molar-refractivity contribution is 0.0565. The molecule has 0 aromatic heterocycles. The molecule has 1 saturated heterocycles. The summed E-state index contributed by atoms with van der Waals surface area (Å²) in [4.78, 5) is 38.9. The van der Waals surface area contributed by atoms with Crippen LogP contribution in [0, 0.1) is 5.92 Å². The summed E-state index contributed by atoms with van der Waals surface area (Å²) in [6.45, 7) is 6.57. The fourth-order valence-electron chi connectivity index (χ4n) is 3.29. The van der Waals surface area contributed by atoms with E-state index in [1.165, 1.54) is 24.0 Å². The fraction of sp³-hybridized carbons (Fsp3) is 0.571. The predicted molar refractivity (Wildman–Crippen MR) is 110 cm³/mol. The van der Waals surface area contributed by atoms with Gasteiger partial charge in [0, 0.05) is 25.7 Å². The zero-order valence-corrected chi connectivity index (χ0v) is 18.1. The van der Waals surface area contributed by atoms with Gasteiger partial charge in [0.15, 0.2) is 0 Å². The van der Waals surface area contributed by atoms with Crippen LogP contribution >= 0.6 is 0 Å². The quantitative estimate of drug-likeness (QED) is 0.723. The van der Waals surface area contributed by atoms with Crippen molar-refractivity contribution in [2.24, 2.45) is 5.92 Å². The summed E-state index contributed by atoms with van der Waals surface area (Å²) < 4.78 is 15.7. The van der Waals surface area contributed by atoms with Crippen molar-refractivity contribution < 1.29 is 33.7 Å². The van der Waals surface area contributed by atoms with E-state index < -0.39 is 23.8 Å². The number of ether oxygens (including phenoxy) is 3. The molecule has 0 radical (unpaired) electrons. The van der Waals surface area contributed by atoms with Gasteiger partial charge in [-0.3, -0.25) is 4.90 Å². The van der Waals surface area contributed by atoms with Gasteiger partial charge in [0.05, 0.1) is 19.9 Å². The van der Waals surface area contributed by atoms with Crippen LogP contribution in [0.3, 0.4) is 0 Å². The first-order chi connectivity index (χ1) is 14.1. The summed E-state index contributed by atoms with van der Waals surface area (Å²) in [5.41, 5.74) is 0.0926. The van der Waals surface area contributed by atoms with E-state index >= 15 is 0 Å². The number of carboxylic acid groups (broad SMARTS) is 1. The Balaban J connectivity index is 2.29. The average molecular weight is 422 g/mol. The summed E-state index contributed by atoms with van der Waals surface area (Å²) in [6.07, 6.45) is -0.164. The van der Waals surface area contributed by atoms with Gasteiger partial charge in [-0.15, -0.1) is 0 Å². The minimum absolute atomic E-state index is 0.111. The van der Waals surface area contributed by atoms with Crippen LogP contribution in [0.25, 0.3) is 0 Å². The van der Waals surface area contributed by atoms with Crippen molar-refractivity contribution in [3.8, 4) is 5.75 Å². The lowest BCUT2D eigenvalue weighted by Gasteiger charge is -2.34. The number of esters is 1. The van der Waals surface area contributed by atoms with Crippen molar-refractivity contribution in [3.05, 3.63) is 23.8 Å². The van der Waals surface area contributed by atoms with Crippen LogP contribution < -0.4 is 9.64 Å². The molecule has 9 heteroatoms. The molecule has 2 amide bonds. The van der Waals surface area contributed by atoms with Crippen molar-refractivity contribution in [1.82, 2.24) is 4.90 Å². The molecule has 1 aliphatic rings. The fourth-order valence-corrected chi connectivity index (χ4v) is 3.29. The highest BCUT2D eigenvalue weighted by atomic mass is 16.6. The van der Waals surface area contributed by atoms with Crippen molar-refractivity contribution >= 4 is 23.8 Å². The zero-order chi connectivity index (χ0) is 22.5. The molecule has 1 aromatic rings. The van der Waals surface area contributed by atoms with E-state index in [1.807, 2.05) is 0 Å². The highest BCUT2D eigenvalue weighted by molar-refractivity contribution is 5.95. The van der Waals surface area contributed by atoms with E-state index in [0.29, 0.717) is 38.2 Å². The third-order valence-electron chi connectivity index (χ3n) is 4.84. The van der Waals surface area contributed by atoms with Gasteiger partial charge in [0.2, 0.25) is 0 Å². The van der Waals surface area contributed by atoms with E-state index in [-0.39, 0.29) is 17.2 Å². The maximum Gasteiger partial charge on any atom is 0.414 e. The van der Waals surface area contributed by atoms with Crippen LogP contribution in [-0.4, -0.2) is 67.6 Å². The Kier molecular flexibility index (Phi) is 7.53. The van der Waals surface area contributed by atoms with Gasteiger partial charge >= 0.3 is 18.2 Å². The van der Waals surface area contributed by atoms with Gasteiger partial charge in [0.1, 0.15) is 16.9 Å². The van der Waals surface area contributed by atoms with E-state index in [2.05, 4.69) is 0 Å². The van der Waals surface area contributed by atoms with E-state index in [4.69, 9.17) is 19.3 Å². The highest BCUT2D eigenvalue weighted by Crippen LogP contribution is 2.29. The van der Waals surface area contributed by atoms with Crippen LogP contribution in [0.15, 0.2) is 18.2 Å². The Morgan fingerprint density at radius 3 is 2.30 bits per heavy atom. The summed E-state index contributed by atoms with van der Waals surface area (Å²) in [5.74, 6) is -0.142. The third kappa shape index (κ3) is 6.01. The second-order valence-corrected chi connectivity index (χ2v) is 8.18. The van der Waals surface area contributed by atoms with Crippen molar-refractivity contribution in [2.75, 3.05) is 38.8 Å². The van der Waals surface area contributed by atoms with Gasteiger partial charge in [0.25, 0.3) is 0 Å². The van der Waals surface area contributed by atoms with Crippen LogP contribution in [-0.2, 0) is 9.47 Å². The first-order valence-corrected chi connectivity index (χ1v) is 9.80. The molecule has 166 valence electrons. The van der Waals surface area contributed by atoms with E-state index in [9.17, 15) is 14.4 Å². The summed E-state index contributed by atoms with van der Waals surface area (Å²) in [5, 5.41) is 9.14. The topological polar surface area (TPSA) is 106 Å². The molecule has 9 nitrogen and oxygen atoms in total. The van der Waals surface area contributed by atoms with Crippen LogP contribution in [0.1, 0.15) is 44.0 Å². The molecule has 0 spiro atoms. The van der Waals surface area contributed by atoms with Crippen LogP contribution in [0.5, 0.6) is 5.75 Å². The number of likely N-dealkylation sites (tertiary alicyclic amines) is 1. The number of carbonyl (C=O) groups is 3. The molecule has 0 bridgehead atoms. The standard InChI is InChI=1S/C21H30N2O7/c1-21(2,3)30-20(27)23(13-14-8-10-22(11-9-14)19(25)26)15-6-7-16(18(24)29-5)17(12-15)28-4/h6-7,12,14H,8-11,13H2,1-5H3,(H,25,26). The lowest BCUT2D eigenvalue weighted by atomic mass is 9.96.